The minimum Gasteiger partial charge on any atom is -0.506 e. The molecule has 0 aliphatic carbocycles. The maximum Gasteiger partial charge on any atom is 0.217 e. The fourth-order valence-electron chi connectivity index (χ4n) is 3.87. The Morgan fingerprint density at radius 2 is 1.91 bits per heavy atom. The van der Waals surface area contributed by atoms with Gasteiger partial charge in [-0.1, -0.05) is 23.0 Å². The Labute approximate surface area is 203 Å². The Kier molecular flexibility index (Phi) is 5.27. The van der Waals surface area contributed by atoms with E-state index in [-0.39, 0.29) is 26.8 Å². The third-order valence-electron chi connectivity index (χ3n) is 5.33. The first-order chi connectivity index (χ1) is 15.7. The van der Waals surface area contributed by atoms with Crippen LogP contribution in [0, 0.1) is 13.0 Å². The summed E-state index contributed by atoms with van der Waals surface area (Å²) in [5.74, 6) is 1.72. The molecule has 33 heavy (non-hydrogen) atoms. The van der Waals surface area contributed by atoms with Crippen molar-refractivity contribution in [2.24, 2.45) is 0 Å². The Morgan fingerprint density at radius 3 is 2.79 bits per heavy atom. The van der Waals surface area contributed by atoms with Gasteiger partial charge in [-0.3, -0.25) is 0 Å². The summed E-state index contributed by atoms with van der Waals surface area (Å²) in [5, 5.41) is 11.9. The van der Waals surface area contributed by atoms with Crippen LogP contribution < -0.4 is 4.74 Å². The van der Waals surface area contributed by atoms with Gasteiger partial charge >= 0.3 is 0 Å². The average Bonchev–Trinajstić information content (AvgIpc) is 3.13. The third kappa shape index (κ3) is 3.60. The van der Waals surface area contributed by atoms with Gasteiger partial charge in [-0.05, 0) is 36.8 Å². The molecule has 0 unspecified atom stereocenters. The first kappa shape index (κ1) is 21.0. The predicted molar refractivity (Wildman–Crippen MR) is 121 cm³/mol. The van der Waals surface area contributed by atoms with Gasteiger partial charge in [0.25, 0.3) is 0 Å². The first-order valence-corrected chi connectivity index (χ1v) is 10.0. The number of aromatic hydroxyl groups is 1. The monoisotopic (exact) mass is 613 g/mol. The summed E-state index contributed by atoms with van der Waals surface area (Å²) in [6.45, 7) is 2.02. The maximum absolute atomic E-state index is 10.1. The summed E-state index contributed by atoms with van der Waals surface area (Å²) in [4.78, 5) is 17.7. The standard InChI is InChI=1S/C25H16N5O2.Pt/c1-15-9-10-27-22(11-15)30-19-12-17(6-7-18(19)25-20(30)13-26-14-28-25)32-23-8-5-16-3-2-4-21(31)24(16)29-23;/h2-11,13-14,31H,1H3;/q-1;. The van der Waals surface area contributed by atoms with Crippen molar-refractivity contribution in [2.45, 2.75) is 6.92 Å². The van der Waals surface area contributed by atoms with Gasteiger partial charge in [-0.2, -0.15) is 6.07 Å². The number of para-hydroxylation sites is 1. The van der Waals surface area contributed by atoms with Crippen molar-refractivity contribution >= 4 is 32.8 Å². The van der Waals surface area contributed by atoms with Crippen LogP contribution in [0.15, 0.2) is 73.3 Å². The fourth-order valence-corrected chi connectivity index (χ4v) is 3.87. The third-order valence-corrected chi connectivity index (χ3v) is 5.33. The molecular weight excluding hydrogens is 597 g/mol. The Bertz CT molecular complexity index is 1650. The molecule has 0 saturated carbocycles. The first-order valence-electron chi connectivity index (χ1n) is 10.0. The minimum atomic E-state index is 0. The number of hydrogen-bond acceptors (Lipinski definition) is 6. The van der Waals surface area contributed by atoms with E-state index in [0.29, 0.717) is 17.1 Å². The topological polar surface area (TPSA) is 86.0 Å². The summed E-state index contributed by atoms with van der Waals surface area (Å²) in [5.41, 5.74) is 4.01. The Morgan fingerprint density at radius 1 is 1.00 bits per heavy atom. The molecule has 0 spiro atoms. The summed E-state index contributed by atoms with van der Waals surface area (Å²) in [6.07, 6.45) is 5.08. The van der Waals surface area contributed by atoms with E-state index in [4.69, 9.17) is 4.74 Å². The normalized spacial score (nSPS) is 11.1. The molecule has 2 aromatic carbocycles. The van der Waals surface area contributed by atoms with E-state index >= 15 is 0 Å². The van der Waals surface area contributed by atoms with E-state index in [2.05, 4.69) is 26.0 Å². The van der Waals surface area contributed by atoms with Crippen LogP contribution in [0.2, 0.25) is 0 Å². The van der Waals surface area contributed by atoms with Crippen molar-refractivity contribution in [1.82, 2.24) is 24.5 Å². The second-order valence-corrected chi connectivity index (χ2v) is 7.47. The van der Waals surface area contributed by atoms with Crippen molar-refractivity contribution < 1.29 is 30.9 Å². The van der Waals surface area contributed by atoms with E-state index in [0.717, 1.165) is 38.7 Å². The van der Waals surface area contributed by atoms with Gasteiger partial charge in [-0.25, -0.2) is 19.9 Å². The van der Waals surface area contributed by atoms with E-state index in [1.165, 1.54) is 6.33 Å². The number of ether oxygens (including phenoxy) is 1. The second kappa shape index (κ2) is 8.26. The predicted octanol–water partition coefficient (Wildman–Crippen LogP) is 5.12. The van der Waals surface area contributed by atoms with Crippen LogP contribution in [0.3, 0.4) is 0 Å². The van der Waals surface area contributed by atoms with Gasteiger partial charge in [0, 0.05) is 50.0 Å². The number of benzene rings is 2. The van der Waals surface area contributed by atoms with E-state index < -0.39 is 0 Å². The zero-order valence-electron chi connectivity index (χ0n) is 17.3. The number of nitrogens with zero attached hydrogens (tertiary/aromatic N) is 5. The smallest absolute Gasteiger partial charge is 0.217 e. The Balaban J connectivity index is 0.00000228. The average molecular weight is 614 g/mol. The van der Waals surface area contributed by atoms with Crippen molar-refractivity contribution in [2.75, 3.05) is 0 Å². The van der Waals surface area contributed by atoms with Crippen LogP contribution >= 0.6 is 0 Å². The molecule has 0 fully saturated rings. The molecular formula is C25H16N5O2Pt-. The van der Waals surface area contributed by atoms with E-state index in [1.807, 2.05) is 47.9 Å². The van der Waals surface area contributed by atoms with Crippen molar-refractivity contribution in [3.8, 4) is 23.2 Å². The summed E-state index contributed by atoms with van der Waals surface area (Å²) >= 11 is 0. The van der Waals surface area contributed by atoms with Crippen LogP contribution in [0.5, 0.6) is 17.4 Å². The number of pyridine rings is 2. The largest absolute Gasteiger partial charge is 0.506 e. The molecule has 8 heteroatoms. The van der Waals surface area contributed by atoms with Gasteiger partial charge in [0.05, 0.1) is 11.7 Å². The maximum atomic E-state index is 10.1. The molecule has 0 saturated heterocycles. The molecule has 164 valence electrons. The van der Waals surface area contributed by atoms with Gasteiger partial charge in [0.2, 0.25) is 5.88 Å². The quantitative estimate of drug-likeness (QED) is 0.279. The van der Waals surface area contributed by atoms with Crippen LogP contribution in [0.1, 0.15) is 5.56 Å². The molecule has 6 rings (SSSR count). The summed E-state index contributed by atoms with van der Waals surface area (Å²) in [7, 11) is 0. The summed E-state index contributed by atoms with van der Waals surface area (Å²) < 4.78 is 7.99. The number of phenolic OH excluding ortho intramolecular Hbond substituents is 1. The zero-order chi connectivity index (χ0) is 21.7. The fraction of sp³-hybridized carbons (Fsp3) is 0.0400. The van der Waals surface area contributed by atoms with Gasteiger partial charge in [-0.15, -0.1) is 12.1 Å². The van der Waals surface area contributed by atoms with Crippen LogP contribution in [0.25, 0.3) is 38.7 Å². The molecule has 6 aromatic rings. The number of rotatable bonds is 3. The van der Waals surface area contributed by atoms with E-state index in [1.54, 1.807) is 30.6 Å². The van der Waals surface area contributed by atoms with Crippen molar-refractivity contribution in [3.05, 3.63) is 84.9 Å². The number of aryl methyl sites for hydroxylation is 1. The molecule has 0 atom stereocenters. The molecule has 1 N–H and O–H groups in total. The Hall–Kier alpha value is -3.83. The molecule has 4 heterocycles. The van der Waals surface area contributed by atoms with Crippen molar-refractivity contribution in [3.63, 3.8) is 0 Å². The van der Waals surface area contributed by atoms with Gasteiger partial charge in [0.1, 0.15) is 23.4 Å². The van der Waals surface area contributed by atoms with E-state index in [9.17, 15) is 5.11 Å². The number of phenols is 1. The number of aromatic nitrogens is 5. The molecule has 7 nitrogen and oxygen atoms in total. The summed E-state index contributed by atoms with van der Waals surface area (Å²) in [6, 6.07) is 20.0. The van der Waals surface area contributed by atoms with Crippen LogP contribution in [-0.2, 0) is 21.1 Å². The van der Waals surface area contributed by atoms with Gasteiger partial charge in [0.15, 0.2) is 0 Å². The minimum absolute atomic E-state index is 0. The van der Waals surface area contributed by atoms with Crippen LogP contribution in [0.4, 0.5) is 0 Å². The number of hydrogen-bond donors (Lipinski definition) is 1. The van der Waals surface area contributed by atoms with Gasteiger partial charge < -0.3 is 14.4 Å². The molecule has 0 radical (unpaired) electrons. The SMILES string of the molecule is Cc1ccnc(-n2c3[c-]c(Oc4ccc5cccc(O)c5n4)ccc3c3ncncc32)c1.[Pt]. The number of fused-ring (bicyclic) bond motifs is 4. The van der Waals surface area contributed by atoms with Crippen molar-refractivity contribution in [1.29, 1.82) is 0 Å². The molecule has 0 aliphatic rings. The molecule has 0 bridgehead atoms. The molecule has 4 aromatic heterocycles. The molecule has 0 aliphatic heterocycles. The second-order valence-electron chi connectivity index (χ2n) is 7.47. The van der Waals surface area contributed by atoms with Crippen LogP contribution in [-0.4, -0.2) is 29.6 Å². The molecule has 0 amide bonds. The zero-order valence-corrected chi connectivity index (χ0v) is 19.6.